The summed E-state index contributed by atoms with van der Waals surface area (Å²) in [6.45, 7) is 3.37. The number of rotatable bonds is 1. The zero-order chi connectivity index (χ0) is 10.8. The van der Waals surface area contributed by atoms with Crippen LogP contribution in [0.15, 0.2) is 0 Å². The van der Waals surface area contributed by atoms with Crippen molar-refractivity contribution in [3.05, 3.63) is 22.8 Å². The lowest BCUT2D eigenvalue weighted by molar-refractivity contribution is 0.0688. The highest BCUT2D eigenvalue weighted by atomic mass is 16.4. The summed E-state index contributed by atoms with van der Waals surface area (Å²) in [7, 11) is 0. The molecule has 1 aromatic heterocycles. The SMILES string of the molecule is Cc1nc2c(c(C(=O)O)n1)CCNCC2. The molecule has 15 heavy (non-hydrogen) atoms. The van der Waals surface area contributed by atoms with E-state index in [1.54, 1.807) is 6.92 Å². The molecule has 0 saturated carbocycles. The number of nitrogens with zero attached hydrogens (tertiary/aromatic N) is 2. The van der Waals surface area contributed by atoms with Crippen LogP contribution in [0.2, 0.25) is 0 Å². The zero-order valence-corrected chi connectivity index (χ0v) is 8.58. The minimum absolute atomic E-state index is 0.168. The Bertz CT molecular complexity index is 404. The van der Waals surface area contributed by atoms with Crippen LogP contribution in [0.3, 0.4) is 0 Å². The van der Waals surface area contributed by atoms with Gasteiger partial charge in [0.05, 0.1) is 0 Å². The van der Waals surface area contributed by atoms with E-state index in [1.807, 2.05) is 0 Å². The topological polar surface area (TPSA) is 75.1 Å². The minimum atomic E-state index is -0.960. The predicted octanol–water partition coefficient (Wildman–Crippen LogP) is 0.171. The van der Waals surface area contributed by atoms with Gasteiger partial charge in [-0.25, -0.2) is 14.8 Å². The molecule has 0 saturated heterocycles. The van der Waals surface area contributed by atoms with Crippen LogP contribution in [-0.4, -0.2) is 34.1 Å². The molecule has 1 aliphatic heterocycles. The molecule has 0 bridgehead atoms. The van der Waals surface area contributed by atoms with Crippen molar-refractivity contribution < 1.29 is 9.90 Å². The molecule has 0 aromatic carbocycles. The highest BCUT2D eigenvalue weighted by molar-refractivity contribution is 5.87. The molecular weight excluding hydrogens is 194 g/mol. The molecule has 0 amide bonds. The second-order valence-corrected chi connectivity index (χ2v) is 3.60. The van der Waals surface area contributed by atoms with Crippen molar-refractivity contribution in [2.75, 3.05) is 13.1 Å². The minimum Gasteiger partial charge on any atom is -0.477 e. The summed E-state index contributed by atoms with van der Waals surface area (Å²) in [6, 6.07) is 0. The second-order valence-electron chi connectivity index (χ2n) is 3.60. The van der Waals surface area contributed by atoms with Crippen LogP contribution >= 0.6 is 0 Å². The van der Waals surface area contributed by atoms with Crippen LogP contribution in [0.25, 0.3) is 0 Å². The summed E-state index contributed by atoms with van der Waals surface area (Å²) < 4.78 is 0. The Morgan fingerprint density at radius 3 is 2.80 bits per heavy atom. The summed E-state index contributed by atoms with van der Waals surface area (Å²) in [5.74, 6) is -0.424. The van der Waals surface area contributed by atoms with Crippen molar-refractivity contribution in [2.24, 2.45) is 0 Å². The first-order valence-corrected chi connectivity index (χ1v) is 4.99. The number of hydrogen-bond donors (Lipinski definition) is 2. The molecule has 1 aliphatic rings. The average Bonchev–Trinajstić information content (AvgIpc) is 2.41. The molecular formula is C10H13N3O2. The van der Waals surface area contributed by atoms with E-state index in [0.717, 1.165) is 30.8 Å². The Morgan fingerprint density at radius 2 is 2.07 bits per heavy atom. The summed E-state index contributed by atoms with van der Waals surface area (Å²) in [4.78, 5) is 19.3. The Hall–Kier alpha value is -1.49. The fraction of sp³-hybridized carbons (Fsp3) is 0.500. The van der Waals surface area contributed by atoms with E-state index in [-0.39, 0.29) is 5.69 Å². The third-order valence-electron chi connectivity index (χ3n) is 2.50. The molecule has 2 rings (SSSR count). The van der Waals surface area contributed by atoms with Gasteiger partial charge in [0.25, 0.3) is 0 Å². The molecule has 0 unspecified atom stereocenters. The maximum Gasteiger partial charge on any atom is 0.354 e. The molecule has 0 spiro atoms. The maximum absolute atomic E-state index is 11.0. The van der Waals surface area contributed by atoms with Gasteiger partial charge in [-0.3, -0.25) is 0 Å². The van der Waals surface area contributed by atoms with Gasteiger partial charge >= 0.3 is 5.97 Å². The molecule has 2 heterocycles. The average molecular weight is 207 g/mol. The molecule has 0 atom stereocenters. The van der Waals surface area contributed by atoms with Crippen molar-refractivity contribution in [3.63, 3.8) is 0 Å². The first-order valence-electron chi connectivity index (χ1n) is 4.99. The standard InChI is InChI=1S/C10H13N3O2/c1-6-12-8-3-5-11-4-2-7(8)9(13-6)10(14)15/h11H,2-5H2,1H3,(H,14,15). The number of fused-ring (bicyclic) bond motifs is 1. The monoisotopic (exact) mass is 207 g/mol. The van der Waals surface area contributed by atoms with Crippen LogP contribution in [0.5, 0.6) is 0 Å². The van der Waals surface area contributed by atoms with Crippen LogP contribution in [0, 0.1) is 6.92 Å². The lowest BCUT2D eigenvalue weighted by Gasteiger charge is -2.08. The van der Waals surface area contributed by atoms with E-state index in [2.05, 4.69) is 15.3 Å². The van der Waals surface area contributed by atoms with Crippen molar-refractivity contribution in [1.82, 2.24) is 15.3 Å². The predicted molar refractivity (Wildman–Crippen MR) is 54.0 cm³/mol. The maximum atomic E-state index is 11.0. The first kappa shape index (κ1) is 10.0. The number of hydrogen-bond acceptors (Lipinski definition) is 4. The van der Waals surface area contributed by atoms with E-state index in [1.165, 1.54) is 0 Å². The molecule has 5 heteroatoms. The van der Waals surface area contributed by atoms with Crippen molar-refractivity contribution in [1.29, 1.82) is 0 Å². The third kappa shape index (κ3) is 1.97. The highest BCUT2D eigenvalue weighted by Gasteiger charge is 2.19. The molecule has 0 fully saturated rings. The second kappa shape index (κ2) is 3.94. The smallest absolute Gasteiger partial charge is 0.354 e. The fourth-order valence-electron chi connectivity index (χ4n) is 1.85. The van der Waals surface area contributed by atoms with Gasteiger partial charge in [-0.15, -0.1) is 0 Å². The molecule has 1 aromatic rings. The quantitative estimate of drug-likeness (QED) is 0.686. The van der Waals surface area contributed by atoms with Gasteiger partial charge < -0.3 is 10.4 Å². The Labute approximate surface area is 87.6 Å². The number of carbonyl (C=O) groups is 1. The van der Waals surface area contributed by atoms with E-state index >= 15 is 0 Å². The normalized spacial score (nSPS) is 15.5. The lowest BCUT2D eigenvalue weighted by Crippen LogP contribution is -2.16. The molecule has 2 N–H and O–H groups in total. The number of aromatic carboxylic acids is 1. The van der Waals surface area contributed by atoms with Crippen molar-refractivity contribution >= 4 is 5.97 Å². The van der Waals surface area contributed by atoms with Gasteiger partial charge in [0.1, 0.15) is 5.82 Å². The van der Waals surface area contributed by atoms with E-state index in [0.29, 0.717) is 12.2 Å². The van der Waals surface area contributed by atoms with Gasteiger partial charge in [-0.05, 0) is 19.9 Å². The van der Waals surface area contributed by atoms with Gasteiger partial charge in [0.2, 0.25) is 0 Å². The van der Waals surface area contributed by atoms with E-state index < -0.39 is 5.97 Å². The molecule has 5 nitrogen and oxygen atoms in total. The Morgan fingerprint density at radius 1 is 1.33 bits per heavy atom. The summed E-state index contributed by atoms with van der Waals surface area (Å²) in [6.07, 6.45) is 1.47. The van der Waals surface area contributed by atoms with Crippen LogP contribution in [-0.2, 0) is 12.8 Å². The van der Waals surface area contributed by atoms with Crippen LogP contribution in [0.4, 0.5) is 0 Å². The van der Waals surface area contributed by atoms with Crippen LogP contribution in [0.1, 0.15) is 27.6 Å². The van der Waals surface area contributed by atoms with Crippen molar-refractivity contribution in [3.8, 4) is 0 Å². The van der Waals surface area contributed by atoms with Gasteiger partial charge in [0.15, 0.2) is 5.69 Å². The summed E-state index contributed by atoms with van der Waals surface area (Å²) in [5, 5.41) is 12.3. The molecule has 0 aliphatic carbocycles. The Balaban J connectivity index is 2.54. The number of aryl methyl sites for hydroxylation is 1. The largest absolute Gasteiger partial charge is 0.477 e. The number of carboxylic acids is 1. The number of aromatic nitrogens is 2. The van der Waals surface area contributed by atoms with Gasteiger partial charge in [-0.1, -0.05) is 0 Å². The first-order chi connectivity index (χ1) is 7.18. The van der Waals surface area contributed by atoms with Gasteiger partial charge in [-0.2, -0.15) is 0 Å². The van der Waals surface area contributed by atoms with Crippen LogP contribution < -0.4 is 5.32 Å². The molecule has 0 radical (unpaired) electrons. The fourth-order valence-corrected chi connectivity index (χ4v) is 1.85. The van der Waals surface area contributed by atoms with E-state index in [9.17, 15) is 4.79 Å². The summed E-state index contributed by atoms with van der Waals surface area (Å²) >= 11 is 0. The van der Waals surface area contributed by atoms with Crippen molar-refractivity contribution in [2.45, 2.75) is 19.8 Å². The van der Waals surface area contributed by atoms with Gasteiger partial charge in [0, 0.05) is 24.2 Å². The number of carboxylic acid groups (broad SMARTS) is 1. The summed E-state index contributed by atoms with van der Waals surface area (Å²) in [5.41, 5.74) is 1.84. The molecule has 80 valence electrons. The third-order valence-corrected chi connectivity index (χ3v) is 2.50. The highest BCUT2D eigenvalue weighted by Crippen LogP contribution is 2.14. The number of nitrogens with one attached hydrogen (secondary N) is 1. The zero-order valence-electron chi connectivity index (χ0n) is 8.58. The lowest BCUT2D eigenvalue weighted by atomic mass is 10.1. The Kier molecular flexibility index (Phi) is 2.64. The van der Waals surface area contributed by atoms with E-state index in [4.69, 9.17) is 5.11 Å².